The van der Waals surface area contributed by atoms with E-state index in [1.807, 2.05) is 12.1 Å². The van der Waals surface area contributed by atoms with Gasteiger partial charge >= 0.3 is 0 Å². The Morgan fingerprint density at radius 3 is 2.10 bits per heavy atom. The van der Waals surface area contributed by atoms with E-state index < -0.39 is 0 Å². The highest BCUT2D eigenvalue weighted by Gasteiger charge is 2.37. The van der Waals surface area contributed by atoms with E-state index in [2.05, 4.69) is 108 Å². The molecule has 31 heavy (non-hydrogen) atoms. The van der Waals surface area contributed by atoms with Gasteiger partial charge in [-0.1, -0.05) is 90.5 Å². The zero-order chi connectivity index (χ0) is 21.0. The molecule has 3 atom stereocenters. The molecule has 1 heterocycles. The van der Waals surface area contributed by atoms with Crippen LogP contribution < -0.4 is 10.6 Å². The number of anilines is 2. The summed E-state index contributed by atoms with van der Waals surface area (Å²) in [5.41, 5.74) is 6.23. The van der Waals surface area contributed by atoms with E-state index in [0.29, 0.717) is 0 Å². The van der Waals surface area contributed by atoms with Crippen molar-refractivity contribution in [3.05, 3.63) is 131 Å². The molecule has 0 unspecified atom stereocenters. The van der Waals surface area contributed by atoms with Crippen LogP contribution in [0, 0.1) is 0 Å². The molecule has 0 aliphatic carbocycles. The Morgan fingerprint density at radius 1 is 0.710 bits per heavy atom. The molecule has 3 heteroatoms. The molecule has 0 spiro atoms. The third-order valence-corrected chi connectivity index (χ3v) is 6.33. The summed E-state index contributed by atoms with van der Waals surface area (Å²) in [4.78, 5) is 0. The van der Waals surface area contributed by atoms with Crippen molar-refractivity contribution in [1.29, 1.82) is 0 Å². The predicted octanol–water partition coefficient (Wildman–Crippen LogP) is 7.31. The van der Waals surface area contributed by atoms with E-state index >= 15 is 0 Å². The second-order valence-electron chi connectivity index (χ2n) is 8.09. The molecule has 154 valence electrons. The monoisotopic (exact) mass is 424 g/mol. The minimum atomic E-state index is 0.134. The van der Waals surface area contributed by atoms with E-state index in [4.69, 9.17) is 11.6 Å². The van der Waals surface area contributed by atoms with Gasteiger partial charge < -0.3 is 10.6 Å². The molecule has 0 aromatic heterocycles. The second kappa shape index (κ2) is 8.87. The molecule has 5 rings (SSSR count). The average Bonchev–Trinajstić information content (AvgIpc) is 2.82. The van der Waals surface area contributed by atoms with E-state index in [9.17, 15) is 0 Å². The minimum Gasteiger partial charge on any atom is -0.381 e. The van der Waals surface area contributed by atoms with Gasteiger partial charge in [0, 0.05) is 28.4 Å². The van der Waals surface area contributed by atoms with Gasteiger partial charge in [0.15, 0.2) is 0 Å². The fraction of sp³-hybridized carbons (Fsp3) is 0.143. The molecule has 1 aliphatic rings. The van der Waals surface area contributed by atoms with Gasteiger partial charge in [0.1, 0.15) is 0 Å². The van der Waals surface area contributed by atoms with Gasteiger partial charge in [-0.05, 0) is 53.4 Å². The van der Waals surface area contributed by atoms with Crippen LogP contribution in [0.25, 0.3) is 0 Å². The molecule has 0 fully saturated rings. The van der Waals surface area contributed by atoms with Crippen molar-refractivity contribution >= 4 is 23.0 Å². The van der Waals surface area contributed by atoms with Crippen LogP contribution in [0.15, 0.2) is 109 Å². The molecule has 4 aromatic carbocycles. The van der Waals surface area contributed by atoms with Gasteiger partial charge in [-0.2, -0.15) is 0 Å². The number of para-hydroxylation sites is 1. The normalized spacial score (nSPS) is 19.8. The lowest BCUT2D eigenvalue weighted by molar-refractivity contribution is 0.479. The zero-order valence-corrected chi connectivity index (χ0v) is 18.0. The van der Waals surface area contributed by atoms with Crippen LogP contribution in [0.3, 0.4) is 0 Å². The third kappa shape index (κ3) is 4.30. The molecule has 0 saturated heterocycles. The number of hydrogen-bond donors (Lipinski definition) is 2. The SMILES string of the molecule is Clc1ccc(N[C@@H]2c3ccccc3N[C@H](Cc3ccccc3)[C@H]2c2ccccc2)cc1. The number of hydrogen-bond acceptors (Lipinski definition) is 2. The van der Waals surface area contributed by atoms with Crippen LogP contribution in [-0.2, 0) is 6.42 Å². The Bertz CT molecular complexity index is 1130. The fourth-order valence-electron chi connectivity index (χ4n) is 4.65. The van der Waals surface area contributed by atoms with Crippen molar-refractivity contribution in [2.24, 2.45) is 0 Å². The highest BCUT2D eigenvalue weighted by Crippen LogP contribution is 2.45. The maximum atomic E-state index is 6.14. The minimum absolute atomic E-state index is 0.134. The second-order valence-corrected chi connectivity index (χ2v) is 8.53. The van der Waals surface area contributed by atoms with Gasteiger partial charge in [-0.15, -0.1) is 0 Å². The molecular formula is C28H25ClN2. The Hall–Kier alpha value is -3.23. The fourth-order valence-corrected chi connectivity index (χ4v) is 4.78. The maximum Gasteiger partial charge on any atom is 0.0622 e. The molecule has 2 nitrogen and oxygen atoms in total. The van der Waals surface area contributed by atoms with Crippen molar-refractivity contribution in [3.63, 3.8) is 0 Å². The summed E-state index contributed by atoms with van der Waals surface area (Å²) in [7, 11) is 0. The zero-order valence-electron chi connectivity index (χ0n) is 17.2. The van der Waals surface area contributed by atoms with Gasteiger partial charge in [0.05, 0.1) is 6.04 Å². The van der Waals surface area contributed by atoms with Crippen LogP contribution in [0.2, 0.25) is 5.02 Å². The Kier molecular flexibility index (Phi) is 5.64. The van der Waals surface area contributed by atoms with E-state index in [-0.39, 0.29) is 18.0 Å². The standard InChI is InChI=1S/C28H25ClN2/c29-22-15-17-23(18-16-22)30-28-24-13-7-8-14-25(24)31-26(19-20-9-3-1-4-10-20)27(28)21-11-5-2-6-12-21/h1-18,26-28,30-31H,19H2/t26-,27-,28-/m1/s1. The van der Waals surface area contributed by atoms with E-state index in [1.54, 1.807) is 0 Å². The first-order valence-electron chi connectivity index (χ1n) is 10.7. The molecule has 4 aromatic rings. The van der Waals surface area contributed by atoms with Crippen LogP contribution >= 0.6 is 11.6 Å². The number of rotatable bonds is 5. The third-order valence-electron chi connectivity index (χ3n) is 6.08. The quantitative estimate of drug-likeness (QED) is 0.351. The molecule has 2 N–H and O–H groups in total. The van der Waals surface area contributed by atoms with E-state index in [1.165, 1.54) is 22.4 Å². The Balaban J connectivity index is 1.59. The highest BCUT2D eigenvalue weighted by atomic mass is 35.5. The number of benzene rings is 4. The first kappa shape index (κ1) is 19.7. The van der Waals surface area contributed by atoms with Crippen LogP contribution in [-0.4, -0.2) is 6.04 Å². The van der Waals surface area contributed by atoms with Gasteiger partial charge in [0.25, 0.3) is 0 Å². The molecule has 0 radical (unpaired) electrons. The summed E-state index contributed by atoms with van der Waals surface area (Å²) in [6.45, 7) is 0. The van der Waals surface area contributed by atoms with Crippen molar-refractivity contribution in [3.8, 4) is 0 Å². The number of halogens is 1. The summed E-state index contributed by atoms with van der Waals surface area (Å²) in [6.07, 6.45) is 0.952. The van der Waals surface area contributed by atoms with Crippen molar-refractivity contribution in [2.75, 3.05) is 10.6 Å². The molecule has 0 amide bonds. The highest BCUT2D eigenvalue weighted by molar-refractivity contribution is 6.30. The predicted molar refractivity (Wildman–Crippen MR) is 131 cm³/mol. The number of fused-ring (bicyclic) bond motifs is 1. The lowest BCUT2D eigenvalue weighted by atomic mass is 9.76. The summed E-state index contributed by atoms with van der Waals surface area (Å²) < 4.78 is 0. The van der Waals surface area contributed by atoms with Crippen LogP contribution in [0.4, 0.5) is 11.4 Å². The van der Waals surface area contributed by atoms with Crippen LogP contribution in [0.5, 0.6) is 0 Å². The summed E-state index contributed by atoms with van der Waals surface area (Å²) in [6, 6.07) is 38.6. The lowest BCUT2D eigenvalue weighted by Gasteiger charge is -2.42. The maximum absolute atomic E-state index is 6.14. The summed E-state index contributed by atoms with van der Waals surface area (Å²) in [5.74, 6) is 0.256. The van der Waals surface area contributed by atoms with Gasteiger partial charge in [0.2, 0.25) is 0 Å². The molecule has 1 aliphatic heterocycles. The topological polar surface area (TPSA) is 24.1 Å². The van der Waals surface area contributed by atoms with Crippen LogP contribution in [0.1, 0.15) is 28.7 Å². The molecule has 0 bridgehead atoms. The van der Waals surface area contributed by atoms with Crippen molar-refractivity contribution in [2.45, 2.75) is 24.4 Å². The van der Waals surface area contributed by atoms with Gasteiger partial charge in [-0.25, -0.2) is 0 Å². The summed E-state index contributed by atoms with van der Waals surface area (Å²) in [5, 5.41) is 8.44. The van der Waals surface area contributed by atoms with Gasteiger partial charge in [-0.3, -0.25) is 0 Å². The molecular weight excluding hydrogens is 400 g/mol. The Labute approximate surface area is 188 Å². The number of nitrogens with one attached hydrogen (secondary N) is 2. The first-order chi connectivity index (χ1) is 15.3. The first-order valence-corrected chi connectivity index (χ1v) is 11.1. The molecule has 0 saturated carbocycles. The largest absolute Gasteiger partial charge is 0.381 e. The average molecular weight is 425 g/mol. The smallest absolute Gasteiger partial charge is 0.0622 e. The van der Waals surface area contributed by atoms with E-state index in [0.717, 1.165) is 17.1 Å². The summed E-state index contributed by atoms with van der Waals surface area (Å²) >= 11 is 6.14. The Morgan fingerprint density at radius 2 is 1.35 bits per heavy atom. The van der Waals surface area contributed by atoms with Crippen molar-refractivity contribution < 1.29 is 0 Å². The van der Waals surface area contributed by atoms with Crippen molar-refractivity contribution in [1.82, 2.24) is 0 Å². The lowest BCUT2D eigenvalue weighted by Crippen LogP contribution is -2.40.